The van der Waals surface area contributed by atoms with Crippen LogP contribution < -0.4 is 5.32 Å². The van der Waals surface area contributed by atoms with E-state index >= 15 is 0 Å². The Kier molecular flexibility index (Phi) is 4.94. The predicted molar refractivity (Wildman–Crippen MR) is 99.3 cm³/mol. The lowest BCUT2D eigenvalue weighted by Gasteiger charge is -2.47. The molecule has 5 atom stereocenters. The second-order valence-electron chi connectivity index (χ2n) is 7.15. The Hall–Kier alpha value is -1.06. The number of benzene rings is 2. The first-order chi connectivity index (χ1) is 11.3. The predicted octanol–water partition coefficient (Wildman–Crippen LogP) is 4.38. The molecule has 3 rings (SSSR count). The molecular formula is C20H24Cl2NO+. The smallest absolute Gasteiger partial charge is 0.117 e. The Labute approximate surface area is 153 Å². The van der Waals surface area contributed by atoms with Gasteiger partial charge < -0.3 is 10.4 Å². The van der Waals surface area contributed by atoms with Gasteiger partial charge in [0.25, 0.3) is 0 Å². The summed E-state index contributed by atoms with van der Waals surface area (Å²) in [6, 6.07) is 16.3. The Bertz CT molecular complexity index is 637. The van der Waals surface area contributed by atoms with E-state index in [9.17, 15) is 5.11 Å². The lowest BCUT2D eigenvalue weighted by Crippen LogP contribution is -2.93. The van der Waals surface area contributed by atoms with Gasteiger partial charge in [0.1, 0.15) is 12.1 Å². The molecule has 1 aliphatic rings. The van der Waals surface area contributed by atoms with Crippen molar-refractivity contribution in [2.45, 2.75) is 38.5 Å². The third-order valence-electron chi connectivity index (χ3n) is 5.85. The summed E-state index contributed by atoms with van der Waals surface area (Å²) in [5.74, 6) is 0.245. The largest absolute Gasteiger partial charge is 0.389 e. The van der Waals surface area contributed by atoms with E-state index in [0.29, 0.717) is 0 Å². The van der Waals surface area contributed by atoms with Crippen molar-refractivity contribution in [3.05, 3.63) is 69.7 Å². The molecule has 1 saturated heterocycles. The molecule has 4 heteroatoms. The normalized spacial score (nSPS) is 33.4. The highest BCUT2D eigenvalue weighted by Gasteiger charge is 2.51. The summed E-state index contributed by atoms with van der Waals surface area (Å²) in [5.41, 5.74) is 1.62. The van der Waals surface area contributed by atoms with E-state index in [4.69, 9.17) is 23.2 Å². The second kappa shape index (κ2) is 6.68. The van der Waals surface area contributed by atoms with Gasteiger partial charge in [0, 0.05) is 33.0 Å². The Morgan fingerprint density at radius 2 is 1.12 bits per heavy atom. The number of piperidine rings is 1. The molecular weight excluding hydrogens is 341 g/mol. The molecule has 1 unspecified atom stereocenters. The molecule has 2 nitrogen and oxygen atoms in total. The molecule has 1 heterocycles. The van der Waals surface area contributed by atoms with Crippen molar-refractivity contribution in [1.29, 1.82) is 0 Å². The zero-order valence-electron chi connectivity index (χ0n) is 14.2. The van der Waals surface area contributed by atoms with E-state index in [2.05, 4.69) is 43.4 Å². The molecule has 0 aromatic heterocycles. The van der Waals surface area contributed by atoms with Crippen LogP contribution in [0.15, 0.2) is 48.5 Å². The van der Waals surface area contributed by atoms with Gasteiger partial charge >= 0.3 is 0 Å². The van der Waals surface area contributed by atoms with Gasteiger partial charge in [-0.25, -0.2) is 0 Å². The molecule has 1 aliphatic heterocycles. The Morgan fingerprint density at radius 1 is 0.792 bits per heavy atom. The van der Waals surface area contributed by atoms with Crippen molar-refractivity contribution in [1.82, 2.24) is 0 Å². The van der Waals surface area contributed by atoms with Crippen molar-refractivity contribution in [2.24, 2.45) is 11.8 Å². The van der Waals surface area contributed by atoms with E-state index in [0.717, 1.165) is 10.0 Å². The summed E-state index contributed by atoms with van der Waals surface area (Å²) in [4.78, 5) is 0. The van der Waals surface area contributed by atoms with Crippen LogP contribution in [0.2, 0.25) is 10.0 Å². The average molecular weight is 365 g/mol. The molecule has 0 radical (unpaired) electrons. The van der Waals surface area contributed by atoms with Gasteiger partial charge in [0.15, 0.2) is 0 Å². The summed E-state index contributed by atoms with van der Waals surface area (Å²) in [6.45, 7) is 6.22. The van der Waals surface area contributed by atoms with Crippen LogP contribution in [0, 0.1) is 11.8 Å². The standard InChI is InChI=1S/C20H23Cl2NO/c1-12-18(14-4-8-16(21)9-5-14)23-19(13(2)20(12,3)24)15-6-10-17(22)11-7-15/h4-13,18-19,23-24H,1-3H3/p+1/t12-,13-,18-,19+,20?/m0/s1. The van der Waals surface area contributed by atoms with Crippen LogP contribution in [-0.2, 0) is 0 Å². The summed E-state index contributed by atoms with van der Waals surface area (Å²) < 4.78 is 0. The molecule has 0 bridgehead atoms. The highest BCUT2D eigenvalue weighted by Crippen LogP contribution is 2.42. The van der Waals surface area contributed by atoms with Crippen LogP contribution in [0.4, 0.5) is 0 Å². The van der Waals surface area contributed by atoms with Gasteiger partial charge in [-0.05, 0) is 31.2 Å². The van der Waals surface area contributed by atoms with E-state index < -0.39 is 5.60 Å². The lowest BCUT2D eigenvalue weighted by molar-refractivity contribution is -0.763. The monoisotopic (exact) mass is 364 g/mol. The summed E-state index contributed by atoms with van der Waals surface area (Å²) in [6.07, 6.45) is 0. The Morgan fingerprint density at radius 3 is 1.46 bits per heavy atom. The first-order valence-corrected chi connectivity index (χ1v) is 9.14. The number of rotatable bonds is 2. The van der Waals surface area contributed by atoms with Crippen molar-refractivity contribution in [2.75, 3.05) is 0 Å². The first-order valence-electron chi connectivity index (χ1n) is 8.39. The maximum Gasteiger partial charge on any atom is 0.117 e. The molecule has 2 aromatic carbocycles. The molecule has 0 amide bonds. The van der Waals surface area contributed by atoms with Crippen molar-refractivity contribution >= 4 is 23.2 Å². The average Bonchev–Trinajstić information content (AvgIpc) is 2.56. The molecule has 0 aliphatic carbocycles. The van der Waals surface area contributed by atoms with Crippen LogP contribution in [0.25, 0.3) is 0 Å². The van der Waals surface area contributed by atoms with Crippen LogP contribution in [0.1, 0.15) is 44.0 Å². The molecule has 24 heavy (non-hydrogen) atoms. The molecule has 3 N–H and O–H groups in total. The van der Waals surface area contributed by atoms with Gasteiger partial charge in [0.2, 0.25) is 0 Å². The fourth-order valence-corrected chi connectivity index (χ4v) is 4.12. The number of nitrogens with two attached hydrogens (primary N) is 1. The zero-order chi connectivity index (χ0) is 17.5. The quantitative estimate of drug-likeness (QED) is 0.814. The van der Waals surface area contributed by atoms with Crippen LogP contribution in [0.3, 0.4) is 0 Å². The highest BCUT2D eigenvalue weighted by atomic mass is 35.5. The van der Waals surface area contributed by atoms with Crippen molar-refractivity contribution in [3.63, 3.8) is 0 Å². The maximum atomic E-state index is 11.2. The van der Waals surface area contributed by atoms with E-state index in [1.807, 2.05) is 31.2 Å². The second-order valence-corrected chi connectivity index (χ2v) is 8.02. The maximum absolute atomic E-state index is 11.2. The van der Waals surface area contributed by atoms with E-state index in [1.165, 1.54) is 11.1 Å². The number of quaternary nitrogens is 1. The summed E-state index contributed by atoms with van der Waals surface area (Å²) in [7, 11) is 0. The van der Waals surface area contributed by atoms with Gasteiger partial charge in [-0.15, -0.1) is 0 Å². The molecule has 1 fully saturated rings. The van der Waals surface area contributed by atoms with Crippen molar-refractivity contribution < 1.29 is 10.4 Å². The number of halogens is 2. The number of hydrogen-bond donors (Lipinski definition) is 2. The SMILES string of the molecule is C[C@H]1[C@@H](c2ccc(Cl)cc2)[NH2+][C@@H](c2ccc(Cl)cc2)[C@H](C)C1(C)O. The van der Waals surface area contributed by atoms with Gasteiger partial charge in [-0.1, -0.05) is 61.3 Å². The minimum atomic E-state index is -0.761. The minimum Gasteiger partial charge on any atom is -0.389 e. The zero-order valence-corrected chi connectivity index (χ0v) is 15.7. The summed E-state index contributed by atoms with van der Waals surface area (Å²) in [5, 5.41) is 15.1. The molecule has 0 spiro atoms. The fraction of sp³-hybridized carbons (Fsp3) is 0.400. The van der Waals surface area contributed by atoms with E-state index in [1.54, 1.807) is 0 Å². The summed E-state index contributed by atoms with van der Waals surface area (Å²) >= 11 is 12.1. The molecule has 128 valence electrons. The van der Waals surface area contributed by atoms with Crippen LogP contribution in [0.5, 0.6) is 0 Å². The van der Waals surface area contributed by atoms with Crippen LogP contribution in [-0.4, -0.2) is 10.7 Å². The third-order valence-corrected chi connectivity index (χ3v) is 6.35. The van der Waals surface area contributed by atoms with Crippen molar-refractivity contribution in [3.8, 4) is 0 Å². The fourth-order valence-electron chi connectivity index (χ4n) is 3.87. The lowest BCUT2D eigenvalue weighted by atomic mass is 9.67. The highest BCUT2D eigenvalue weighted by molar-refractivity contribution is 6.30. The van der Waals surface area contributed by atoms with Crippen LogP contribution >= 0.6 is 23.2 Å². The third kappa shape index (κ3) is 3.21. The molecule has 2 aromatic rings. The van der Waals surface area contributed by atoms with Gasteiger partial charge in [-0.3, -0.25) is 0 Å². The molecule has 0 saturated carbocycles. The Balaban J connectivity index is 1.98. The topological polar surface area (TPSA) is 36.8 Å². The number of hydrogen-bond acceptors (Lipinski definition) is 1. The minimum absolute atomic E-state index is 0.122. The van der Waals surface area contributed by atoms with Gasteiger partial charge in [-0.2, -0.15) is 0 Å². The van der Waals surface area contributed by atoms with E-state index in [-0.39, 0.29) is 23.9 Å². The van der Waals surface area contributed by atoms with Gasteiger partial charge in [0.05, 0.1) is 5.60 Å². The number of aliphatic hydroxyl groups is 1. The first kappa shape index (κ1) is 17.8.